The molecule has 28 heavy (non-hydrogen) atoms. The summed E-state index contributed by atoms with van der Waals surface area (Å²) in [5.74, 6) is -0.296. The number of nitrogens with one attached hydrogen (secondary N) is 1. The van der Waals surface area contributed by atoms with Gasteiger partial charge in [0, 0.05) is 42.8 Å². The third-order valence-corrected chi connectivity index (χ3v) is 4.89. The molecular weight excluding hydrogens is 399 g/mol. The molecule has 6 nitrogen and oxygen atoms in total. The zero-order chi connectivity index (χ0) is 18.7. The van der Waals surface area contributed by atoms with E-state index in [1.165, 1.54) is 6.20 Å². The SMILES string of the molecule is CC1(C)CN(C(=O)c2cccc(NC(=O)c3cccnc3)c2)CCC1N.Cl.Cl. The number of hydrogen-bond donors (Lipinski definition) is 2. The molecule has 0 radical (unpaired) electrons. The van der Waals surface area contributed by atoms with E-state index in [2.05, 4.69) is 24.1 Å². The van der Waals surface area contributed by atoms with E-state index in [0.717, 1.165) is 6.42 Å². The molecule has 152 valence electrons. The summed E-state index contributed by atoms with van der Waals surface area (Å²) in [5.41, 5.74) is 7.65. The van der Waals surface area contributed by atoms with Crippen molar-refractivity contribution in [3.8, 4) is 0 Å². The summed E-state index contributed by atoms with van der Waals surface area (Å²) in [4.78, 5) is 30.9. The van der Waals surface area contributed by atoms with Crippen molar-refractivity contribution in [1.82, 2.24) is 9.88 Å². The second-order valence-electron chi connectivity index (χ2n) is 7.39. The van der Waals surface area contributed by atoms with Gasteiger partial charge < -0.3 is 16.0 Å². The number of rotatable bonds is 3. The highest BCUT2D eigenvalue weighted by molar-refractivity contribution is 6.05. The zero-order valence-electron chi connectivity index (χ0n) is 15.9. The molecule has 2 aromatic rings. The van der Waals surface area contributed by atoms with Gasteiger partial charge in [-0.15, -0.1) is 24.8 Å². The quantitative estimate of drug-likeness (QED) is 0.789. The molecule has 0 spiro atoms. The van der Waals surface area contributed by atoms with E-state index in [1.54, 1.807) is 42.6 Å². The van der Waals surface area contributed by atoms with Crippen LogP contribution in [0.5, 0.6) is 0 Å². The highest BCUT2D eigenvalue weighted by Gasteiger charge is 2.35. The molecular formula is C20H26Cl2N4O2. The normalized spacial score (nSPS) is 17.7. The lowest BCUT2D eigenvalue weighted by atomic mass is 9.79. The molecule has 1 fully saturated rings. The number of hydrogen-bond acceptors (Lipinski definition) is 4. The van der Waals surface area contributed by atoms with Gasteiger partial charge in [0.25, 0.3) is 11.8 Å². The van der Waals surface area contributed by atoms with Crippen LogP contribution in [0.3, 0.4) is 0 Å². The molecule has 0 saturated carbocycles. The molecule has 8 heteroatoms. The van der Waals surface area contributed by atoms with Crippen molar-refractivity contribution in [2.75, 3.05) is 18.4 Å². The van der Waals surface area contributed by atoms with E-state index >= 15 is 0 Å². The number of piperidine rings is 1. The van der Waals surface area contributed by atoms with Crippen molar-refractivity contribution in [1.29, 1.82) is 0 Å². The molecule has 1 atom stereocenters. The summed E-state index contributed by atoms with van der Waals surface area (Å²) >= 11 is 0. The smallest absolute Gasteiger partial charge is 0.257 e. The number of halogens is 2. The first-order valence-electron chi connectivity index (χ1n) is 8.73. The standard InChI is InChI=1S/C20H24N4O2.2ClH/c1-20(2)13-24(10-8-17(20)21)19(26)14-5-3-7-16(11-14)23-18(25)15-6-4-9-22-12-15;;/h3-7,9,11-12,17H,8,10,13,21H2,1-2H3,(H,23,25);2*1H. The van der Waals surface area contributed by atoms with Crippen LogP contribution < -0.4 is 11.1 Å². The van der Waals surface area contributed by atoms with E-state index in [1.807, 2.05) is 4.90 Å². The van der Waals surface area contributed by atoms with Gasteiger partial charge in [0.15, 0.2) is 0 Å². The van der Waals surface area contributed by atoms with E-state index in [9.17, 15) is 9.59 Å². The number of aromatic nitrogens is 1. The minimum absolute atomic E-state index is 0. The highest BCUT2D eigenvalue weighted by atomic mass is 35.5. The van der Waals surface area contributed by atoms with Crippen molar-refractivity contribution in [2.45, 2.75) is 26.3 Å². The predicted molar refractivity (Wildman–Crippen MR) is 115 cm³/mol. The Morgan fingerprint density at radius 1 is 1.18 bits per heavy atom. The number of amides is 2. The molecule has 3 rings (SSSR count). The second-order valence-corrected chi connectivity index (χ2v) is 7.39. The molecule has 3 N–H and O–H groups in total. The van der Waals surface area contributed by atoms with Crippen LogP contribution in [0.25, 0.3) is 0 Å². The number of carbonyl (C=O) groups is 2. The van der Waals surface area contributed by atoms with Crippen LogP contribution in [-0.4, -0.2) is 40.8 Å². The lowest BCUT2D eigenvalue weighted by molar-refractivity contribution is 0.0533. The average Bonchev–Trinajstić information content (AvgIpc) is 2.64. The van der Waals surface area contributed by atoms with Gasteiger partial charge in [0.05, 0.1) is 5.56 Å². The molecule has 1 unspecified atom stereocenters. The number of carbonyl (C=O) groups excluding carboxylic acids is 2. The summed E-state index contributed by atoms with van der Waals surface area (Å²) < 4.78 is 0. The van der Waals surface area contributed by atoms with Gasteiger partial charge in [-0.3, -0.25) is 14.6 Å². The number of nitrogens with two attached hydrogens (primary N) is 1. The van der Waals surface area contributed by atoms with Crippen LogP contribution in [0, 0.1) is 5.41 Å². The fraction of sp³-hybridized carbons (Fsp3) is 0.350. The monoisotopic (exact) mass is 424 g/mol. The van der Waals surface area contributed by atoms with Crippen molar-refractivity contribution in [2.24, 2.45) is 11.1 Å². The van der Waals surface area contributed by atoms with Crippen LogP contribution in [-0.2, 0) is 0 Å². The van der Waals surface area contributed by atoms with E-state index in [-0.39, 0.29) is 48.1 Å². The summed E-state index contributed by atoms with van der Waals surface area (Å²) in [5, 5.41) is 2.81. The van der Waals surface area contributed by atoms with Gasteiger partial charge in [-0.1, -0.05) is 19.9 Å². The Morgan fingerprint density at radius 3 is 2.54 bits per heavy atom. The lowest BCUT2D eigenvalue weighted by Gasteiger charge is -2.42. The zero-order valence-corrected chi connectivity index (χ0v) is 17.6. The largest absolute Gasteiger partial charge is 0.338 e. The van der Waals surface area contributed by atoms with Crippen molar-refractivity contribution in [3.05, 3.63) is 59.9 Å². The maximum absolute atomic E-state index is 12.9. The first-order chi connectivity index (χ1) is 12.4. The Labute approximate surface area is 177 Å². The third kappa shape index (κ3) is 5.44. The number of nitrogens with zero attached hydrogens (tertiary/aromatic N) is 2. The van der Waals surface area contributed by atoms with Crippen LogP contribution in [0.2, 0.25) is 0 Å². The summed E-state index contributed by atoms with van der Waals surface area (Å²) in [6.45, 7) is 5.44. The van der Waals surface area contributed by atoms with Gasteiger partial charge >= 0.3 is 0 Å². The molecule has 1 aromatic heterocycles. The fourth-order valence-corrected chi connectivity index (χ4v) is 3.16. The molecule has 2 heterocycles. The molecule has 1 aromatic carbocycles. The fourth-order valence-electron chi connectivity index (χ4n) is 3.16. The van der Waals surface area contributed by atoms with Gasteiger partial charge in [0.1, 0.15) is 0 Å². The summed E-state index contributed by atoms with van der Waals surface area (Å²) in [7, 11) is 0. The van der Waals surface area contributed by atoms with Crippen molar-refractivity contribution >= 4 is 42.3 Å². The molecule has 1 aliphatic heterocycles. The molecule has 1 aliphatic rings. The number of likely N-dealkylation sites (tertiary alicyclic amines) is 1. The molecule has 0 aliphatic carbocycles. The predicted octanol–water partition coefficient (Wildman–Crippen LogP) is 3.38. The van der Waals surface area contributed by atoms with E-state index in [0.29, 0.717) is 29.9 Å². The first-order valence-corrected chi connectivity index (χ1v) is 8.73. The maximum Gasteiger partial charge on any atom is 0.257 e. The van der Waals surface area contributed by atoms with Crippen LogP contribution in [0.1, 0.15) is 41.0 Å². The van der Waals surface area contributed by atoms with Crippen molar-refractivity contribution in [3.63, 3.8) is 0 Å². The molecule has 0 bridgehead atoms. The Hall–Kier alpha value is -2.15. The highest BCUT2D eigenvalue weighted by Crippen LogP contribution is 2.28. The Bertz CT molecular complexity index is 815. The summed E-state index contributed by atoms with van der Waals surface area (Å²) in [6, 6.07) is 10.5. The van der Waals surface area contributed by atoms with Gasteiger partial charge in [-0.05, 0) is 42.2 Å². The lowest BCUT2D eigenvalue weighted by Crippen LogP contribution is -2.54. The minimum Gasteiger partial charge on any atom is -0.338 e. The summed E-state index contributed by atoms with van der Waals surface area (Å²) in [6.07, 6.45) is 3.90. The van der Waals surface area contributed by atoms with Gasteiger partial charge in [0.2, 0.25) is 0 Å². The van der Waals surface area contributed by atoms with E-state index < -0.39 is 0 Å². The molecule has 1 saturated heterocycles. The minimum atomic E-state index is -0.257. The Balaban J connectivity index is 0.00000196. The van der Waals surface area contributed by atoms with Crippen LogP contribution >= 0.6 is 24.8 Å². The van der Waals surface area contributed by atoms with E-state index in [4.69, 9.17) is 5.73 Å². The van der Waals surface area contributed by atoms with Crippen LogP contribution in [0.4, 0.5) is 5.69 Å². The number of anilines is 1. The van der Waals surface area contributed by atoms with Gasteiger partial charge in [-0.2, -0.15) is 0 Å². The third-order valence-electron chi connectivity index (χ3n) is 4.89. The van der Waals surface area contributed by atoms with Crippen molar-refractivity contribution < 1.29 is 9.59 Å². The number of pyridine rings is 1. The average molecular weight is 425 g/mol. The first kappa shape index (κ1) is 23.9. The maximum atomic E-state index is 12.9. The van der Waals surface area contributed by atoms with Gasteiger partial charge in [-0.25, -0.2) is 0 Å². The Kier molecular flexibility index (Phi) is 8.42. The second kappa shape index (κ2) is 9.87. The number of benzene rings is 1. The topological polar surface area (TPSA) is 88.3 Å². The molecule has 2 amide bonds. The van der Waals surface area contributed by atoms with Crippen LogP contribution in [0.15, 0.2) is 48.8 Å². The Morgan fingerprint density at radius 2 is 1.89 bits per heavy atom.